The van der Waals surface area contributed by atoms with Crippen molar-refractivity contribution in [3.8, 4) is 0 Å². The molecule has 6 nitrogen and oxygen atoms in total. The molecule has 0 radical (unpaired) electrons. The van der Waals surface area contributed by atoms with Crippen LogP contribution < -0.4 is 5.32 Å². The molecule has 0 aromatic heterocycles. The number of rotatable bonds is 6. The largest absolute Gasteiger partial charge is 0.388 e. The Morgan fingerprint density at radius 1 is 1.45 bits per heavy atom. The van der Waals surface area contributed by atoms with Gasteiger partial charge in [0.25, 0.3) is 5.69 Å². The highest BCUT2D eigenvalue weighted by atomic mass is 16.6. The van der Waals surface area contributed by atoms with Crippen LogP contribution in [0, 0.1) is 16.0 Å². The fraction of sp³-hybridized carbons (Fsp3) is 0.500. The SMILES string of the molecule is CC(O)(CNC(=O)Cc1ccc([N+](=O)[O-])cc1)C1CC1. The second-order valence-corrected chi connectivity index (χ2v) is 5.51. The lowest BCUT2D eigenvalue weighted by Crippen LogP contribution is -2.42. The number of hydrogen-bond acceptors (Lipinski definition) is 4. The average molecular weight is 278 g/mol. The van der Waals surface area contributed by atoms with Crippen molar-refractivity contribution in [1.29, 1.82) is 0 Å². The van der Waals surface area contributed by atoms with Gasteiger partial charge in [-0.25, -0.2) is 0 Å². The summed E-state index contributed by atoms with van der Waals surface area (Å²) < 4.78 is 0. The van der Waals surface area contributed by atoms with Gasteiger partial charge in [-0.3, -0.25) is 14.9 Å². The number of benzene rings is 1. The minimum absolute atomic E-state index is 0.00539. The molecule has 1 fully saturated rings. The molecule has 0 aliphatic heterocycles. The van der Waals surface area contributed by atoms with Crippen molar-refractivity contribution in [2.24, 2.45) is 5.92 Å². The van der Waals surface area contributed by atoms with Gasteiger partial charge >= 0.3 is 0 Å². The molecule has 0 bridgehead atoms. The molecule has 0 heterocycles. The Hall–Kier alpha value is -1.95. The van der Waals surface area contributed by atoms with Crippen molar-refractivity contribution in [2.75, 3.05) is 6.54 Å². The lowest BCUT2D eigenvalue weighted by Gasteiger charge is -2.23. The van der Waals surface area contributed by atoms with Gasteiger partial charge in [0.05, 0.1) is 16.9 Å². The molecular formula is C14H18N2O4. The monoisotopic (exact) mass is 278 g/mol. The van der Waals surface area contributed by atoms with E-state index in [1.165, 1.54) is 12.1 Å². The van der Waals surface area contributed by atoms with Gasteiger partial charge in [0, 0.05) is 18.7 Å². The number of nitrogens with one attached hydrogen (secondary N) is 1. The molecule has 1 aromatic rings. The van der Waals surface area contributed by atoms with E-state index in [9.17, 15) is 20.0 Å². The van der Waals surface area contributed by atoms with E-state index in [4.69, 9.17) is 0 Å². The summed E-state index contributed by atoms with van der Waals surface area (Å²) in [5, 5.41) is 23.3. The van der Waals surface area contributed by atoms with Crippen molar-refractivity contribution in [1.82, 2.24) is 5.32 Å². The van der Waals surface area contributed by atoms with Gasteiger partial charge in [-0.05, 0) is 31.2 Å². The molecule has 0 saturated heterocycles. The average Bonchev–Trinajstić information content (AvgIpc) is 3.22. The lowest BCUT2D eigenvalue weighted by molar-refractivity contribution is -0.384. The van der Waals surface area contributed by atoms with Crippen molar-refractivity contribution < 1.29 is 14.8 Å². The number of nitro groups is 1. The molecule has 1 saturated carbocycles. The fourth-order valence-electron chi connectivity index (χ4n) is 2.11. The van der Waals surface area contributed by atoms with Crippen LogP contribution in [0.25, 0.3) is 0 Å². The minimum atomic E-state index is -0.842. The van der Waals surface area contributed by atoms with Gasteiger partial charge in [-0.2, -0.15) is 0 Å². The van der Waals surface area contributed by atoms with Crippen LogP contribution in [0.2, 0.25) is 0 Å². The highest BCUT2D eigenvalue weighted by Gasteiger charge is 2.39. The number of nitrogens with zero attached hydrogens (tertiary/aromatic N) is 1. The van der Waals surface area contributed by atoms with Gasteiger partial charge in [-0.1, -0.05) is 12.1 Å². The maximum Gasteiger partial charge on any atom is 0.269 e. The van der Waals surface area contributed by atoms with Crippen LogP contribution in [-0.2, 0) is 11.2 Å². The number of non-ortho nitro benzene ring substituents is 1. The summed E-state index contributed by atoms with van der Waals surface area (Å²) in [4.78, 5) is 21.8. The molecule has 2 rings (SSSR count). The third-order valence-corrected chi connectivity index (χ3v) is 3.61. The zero-order valence-corrected chi connectivity index (χ0v) is 11.3. The van der Waals surface area contributed by atoms with Crippen LogP contribution >= 0.6 is 0 Å². The minimum Gasteiger partial charge on any atom is -0.388 e. The van der Waals surface area contributed by atoms with Gasteiger partial charge < -0.3 is 10.4 Å². The summed E-state index contributed by atoms with van der Waals surface area (Å²) >= 11 is 0. The molecule has 1 unspecified atom stereocenters. The summed E-state index contributed by atoms with van der Waals surface area (Å²) in [6.07, 6.45) is 2.16. The maximum absolute atomic E-state index is 11.8. The number of amides is 1. The van der Waals surface area contributed by atoms with Crippen LogP contribution in [0.4, 0.5) is 5.69 Å². The summed E-state index contributed by atoms with van der Waals surface area (Å²) in [7, 11) is 0. The second kappa shape index (κ2) is 5.58. The van der Waals surface area contributed by atoms with Crippen LogP contribution in [0.15, 0.2) is 24.3 Å². The number of aliphatic hydroxyl groups is 1. The number of nitro benzene ring substituents is 1. The van der Waals surface area contributed by atoms with Gasteiger partial charge in [0.2, 0.25) is 5.91 Å². The summed E-state index contributed by atoms with van der Waals surface area (Å²) in [5.74, 6) is 0.0851. The van der Waals surface area contributed by atoms with Gasteiger partial charge in [0.15, 0.2) is 0 Å². The van der Waals surface area contributed by atoms with E-state index in [0.717, 1.165) is 12.8 Å². The van der Waals surface area contributed by atoms with Crippen molar-refractivity contribution >= 4 is 11.6 Å². The smallest absolute Gasteiger partial charge is 0.269 e. The predicted octanol–water partition coefficient (Wildman–Crippen LogP) is 1.41. The third kappa shape index (κ3) is 3.77. The molecule has 1 aliphatic rings. The van der Waals surface area contributed by atoms with Crippen molar-refractivity contribution in [3.63, 3.8) is 0 Å². The Morgan fingerprint density at radius 2 is 2.05 bits per heavy atom. The number of hydrogen-bond donors (Lipinski definition) is 2. The highest BCUT2D eigenvalue weighted by molar-refractivity contribution is 5.78. The molecule has 1 amide bonds. The van der Waals surface area contributed by atoms with E-state index in [-0.39, 0.29) is 30.5 Å². The highest BCUT2D eigenvalue weighted by Crippen LogP contribution is 2.38. The zero-order valence-electron chi connectivity index (χ0n) is 11.3. The Balaban J connectivity index is 1.83. The standard InChI is InChI=1S/C14H18N2O4/c1-14(18,11-4-5-11)9-15-13(17)8-10-2-6-12(7-3-10)16(19)20/h2-3,6-7,11,18H,4-5,8-9H2,1H3,(H,15,17). The summed E-state index contributed by atoms with van der Waals surface area (Å²) in [6.45, 7) is 1.97. The van der Waals surface area contributed by atoms with Crippen molar-refractivity contribution in [2.45, 2.75) is 31.8 Å². The Morgan fingerprint density at radius 3 is 2.55 bits per heavy atom. The maximum atomic E-state index is 11.8. The van der Waals surface area contributed by atoms with Gasteiger partial charge in [0.1, 0.15) is 0 Å². The predicted molar refractivity (Wildman–Crippen MR) is 73.2 cm³/mol. The Bertz CT molecular complexity index is 506. The normalized spacial score (nSPS) is 17.3. The first-order chi connectivity index (χ1) is 9.38. The molecule has 0 spiro atoms. The number of carbonyl (C=O) groups is 1. The van der Waals surface area contributed by atoms with Gasteiger partial charge in [-0.15, -0.1) is 0 Å². The zero-order chi connectivity index (χ0) is 14.8. The fourth-order valence-corrected chi connectivity index (χ4v) is 2.11. The molecule has 108 valence electrons. The molecule has 1 atom stereocenters. The van der Waals surface area contributed by atoms with E-state index in [1.54, 1.807) is 19.1 Å². The molecule has 1 aliphatic carbocycles. The summed E-state index contributed by atoms with van der Waals surface area (Å²) in [6, 6.07) is 5.89. The molecule has 2 N–H and O–H groups in total. The molecule has 6 heteroatoms. The first-order valence-corrected chi connectivity index (χ1v) is 6.61. The lowest BCUT2D eigenvalue weighted by atomic mass is 10.0. The van der Waals surface area contributed by atoms with E-state index in [2.05, 4.69) is 5.32 Å². The first-order valence-electron chi connectivity index (χ1n) is 6.61. The number of carbonyl (C=O) groups excluding carboxylic acids is 1. The van der Waals surface area contributed by atoms with E-state index < -0.39 is 10.5 Å². The summed E-state index contributed by atoms with van der Waals surface area (Å²) in [5.41, 5.74) is -0.129. The molecule has 20 heavy (non-hydrogen) atoms. The quantitative estimate of drug-likeness (QED) is 0.608. The van der Waals surface area contributed by atoms with E-state index >= 15 is 0 Å². The van der Waals surface area contributed by atoms with E-state index in [0.29, 0.717) is 5.56 Å². The topological polar surface area (TPSA) is 92.5 Å². The molecule has 1 aromatic carbocycles. The third-order valence-electron chi connectivity index (χ3n) is 3.61. The van der Waals surface area contributed by atoms with Crippen LogP contribution in [0.5, 0.6) is 0 Å². The van der Waals surface area contributed by atoms with Crippen LogP contribution in [0.1, 0.15) is 25.3 Å². The Kier molecular flexibility index (Phi) is 4.04. The second-order valence-electron chi connectivity index (χ2n) is 5.51. The first kappa shape index (κ1) is 14.5. The van der Waals surface area contributed by atoms with Crippen LogP contribution in [0.3, 0.4) is 0 Å². The van der Waals surface area contributed by atoms with Crippen LogP contribution in [-0.4, -0.2) is 28.1 Å². The van der Waals surface area contributed by atoms with E-state index in [1.807, 2.05) is 0 Å². The Labute approximate surface area is 117 Å². The van der Waals surface area contributed by atoms with Crippen molar-refractivity contribution in [3.05, 3.63) is 39.9 Å². The molecular weight excluding hydrogens is 260 g/mol.